The summed E-state index contributed by atoms with van der Waals surface area (Å²) >= 11 is 1.26. The number of para-hydroxylation sites is 2. The SMILES string of the molecule is COc1cccc([C@H]2C(C(=O)Nc3ccccc3)=C(C)N=c3s/c(=C\c4ccccc4OCc4ccc(C#N)cc4)c(=O)n32)c1. The van der Waals surface area contributed by atoms with E-state index >= 15 is 0 Å². The number of fused-ring (bicyclic) bond motifs is 1. The number of nitrogens with one attached hydrogen (secondary N) is 1. The molecule has 4 aromatic carbocycles. The van der Waals surface area contributed by atoms with E-state index < -0.39 is 6.04 Å². The first-order chi connectivity index (χ1) is 21.9. The van der Waals surface area contributed by atoms with Gasteiger partial charge in [0.1, 0.15) is 18.1 Å². The Balaban J connectivity index is 1.41. The zero-order valence-corrected chi connectivity index (χ0v) is 25.4. The number of anilines is 1. The summed E-state index contributed by atoms with van der Waals surface area (Å²) < 4.78 is 13.7. The lowest BCUT2D eigenvalue weighted by Gasteiger charge is -2.25. The van der Waals surface area contributed by atoms with Crippen LogP contribution in [-0.4, -0.2) is 17.6 Å². The quantitative estimate of drug-likeness (QED) is 0.255. The minimum Gasteiger partial charge on any atom is -0.497 e. The van der Waals surface area contributed by atoms with Crippen LogP contribution in [0.5, 0.6) is 11.5 Å². The van der Waals surface area contributed by atoms with Gasteiger partial charge < -0.3 is 14.8 Å². The van der Waals surface area contributed by atoms with E-state index in [-0.39, 0.29) is 11.5 Å². The number of nitrogens with zero attached hydrogens (tertiary/aromatic N) is 3. The molecule has 222 valence electrons. The zero-order chi connectivity index (χ0) is 31.3. The molecule has 1 aromatic heterocycles. The molecule has 1 aliphatic heterocycles. The second-order valence-electron chi connectivity index (χ2n) is 10.3. The molecule has 8 nitrogen and oxygen atoms in total. The lowest BCUT2D eigenvalue weighted by atomic mass is 9.95. The number of benzene rings is 4. The molecule has 0 spiro atoms. The van der Waals surface area contributed by atoms with Crippen LogP contribution in [0.2, 0.25) is 0 Å². The summed E-state index contributed by atoms with van der Waals surface area (Å²) in [5, 5.41) is 12.0. The van der Waals surface area contributed by atoms with Crippen molar-refractivity contribution in [3.63, 3.8) is 0 Å². The third kappa shape index (κ3) is 6.18. The highest BCUT2D eigenvalue weighted by molar-refractivity contribution is 7.07. The molecule has 0 bridgehead atoms. The Hall–Kier alpha value is -5.72. The molecule has 9 heteroatoms. The summed E-state index contributed by atoms with van der Waals surface area (Å²) in [5.74, 6) is 0.877. The smallest absolute Gasteiger partial charge is 0.271 e. The Bertz CT molecular complexity index is 2140. The van der Waals surface area contributed by atoms with Gasteiger partial charge >= 0.3 is 0 Å². The summed E-state index contributed by atoms with van der Waals surface area (Å²) in [5.41, 5.74) is 4.21. The van der Waals surface area contributed by atoms with Crippen LogP contribution in [0.25, 0.3) is 6.08 Å². The highest BCUT2D eigenvalue weighted by atomic mass is 32.1. The van der Waals surface area contributed by atoms with Crippen LogP contribution in [0.3, 0.4) is 0 Å². The van der Waals surface area contributed by atoms with Crippen molar-refractivity contribution in [2.75, 3.05) is 12.4 Å². The largest absolute Gasteiger partial charge is 0.497 e. The number of hydrogen-bond donors (Lipinski definition) is 1. The van der Waals surface area contributed by atoms with Gasteiger partial charge in [0.25, 0.3) is 11.5 Å². The predicted molar refractivity (Wildman–Crippen MR) is 174 cm³/mol. The molecule has 2 heterocycles. The Morgan fingerprint density at radius 3 is 2.53 bits per heavy atom. The molecule has 0 saturated heterocycles. The number of rotatable bonds is 8. The van der Waals surface area contributed by atoms with Crippen LogP contribution < -0.4 is 29.7 Å². The normalized spacial score (nSPS) is 14.2. The van der Waals surface area contributed by atoms with Gasteiger partial charge in [0.2, 0.25) is 0 Å². The second kappa shape index (κ2) is 12.9. The van der Waals surface area contributed by atoms with Crippen molar-refractivity contribution >= 4 is 29.0 Å². The molecule has 0 aliphatic carbocycles. The predicted octanol–water partition coefficient (Wildman–Crippen LogP) is 5.33. The topological polar surface area (TPSA) is 106 Å². The van der Waals surface area contributed by atoms with Crippen molar-refractivity contribution in [1.29, 1.82) is 5.26 Å². The maximum absolute atomic E-state index is 14.2. The highest BCUT2D eigenvalue weighted by Gasteiger charge is 2.32. The average Bonchev–Trinajstić information content (AvgIpc) is 3.37. The maximum Gasteiger partial charge on any atom is 0.271 e. The second-order valence-corrected chi connectivity index (χ2v) is 11.3. The van der Waals surface area contributed by atoms with E-state index in [9.17, 15) is 9.59 Å². The van der Waals surface area contributed by atoms with Gasteiger partial charge in [0, 0.05) is 11.3 Å². The fraction of sp³-hybridized carbons (Fsp3) is 0.111. The van der Waals surface area contributed by atoms with Crippen molar-refractivity contribution in [1.82, 2.24) is 4.57 Å². The Kier molecular flexibility index (Phi) is 8.40. The van der Waals surface area contributed by atoms with E-state index in [4.69, 9.17) is 19.7 Å². The number of nitriles is 1. The van der Waals surface area contributed by atoms with Crippen molar-refractivity contribution in [3.05, 3.63) is 156 Å². The lowest BCUT2D eigenvalue weighted by Crippen LogP contribution is -2.40. The number of ether oxygens (including phenoxy) is 2. The molecule has 0 radical (unpaired) electrons. The lowest BCUT2D eigenvalue weighted by molar-refractivity contribution is -0.113. The van der Waals surface area contributed by atoms with E-state index in [0.29, 0.717) is 50.0 Å². The third-order valence-corrected chi connectivity index (χ3v) is 8.37. The highest BCUT2D eigenvalue weighted by Crippen LogP contribution is 2.32. The van der Waals surface area contributed by atoms with Crippen LogP contribution >= 0.6 is 11.3 Å². The molecular formula is C36H28N4O4S. The van der Waals surface area contributed by atoms with Gasteiger partial charge in [-0.3, -0.25) is 14.2 Å². The molecule has 45 heavy (non-hydrogen) atoms. The fourth-order valence-corrected chi connectivity index (χ4v) is 6.21. The van der Waals surface area contributed by atoms with Crippen LogP contribution in [0.4, 0.5) is 5.69 Å². The van der Waals surface area contributed by atoms with E-state index in [1.54, 1.807) is 36.8 Å². The van der Waals surface area contributed by atoms with Crippen LogP contribution in [0, 0.1) is 11.3 Å². The first kappa shape index (κ1) is 29.4. The van der Waals surface area contributed by atoms with Crippen molar-refractivity contribution in [3.8, 4) is 17.6 Å². The fourth-order valence-electron chi connectivity index (χ4n) is 5.17. The summed E-state index contributed by atoms with van der Waals surface area (Å²) in [6.45, 7) is 2.09. The van der Waals surface area contributed by atoms with E-state index in [2.05, 4.69) is 11.4 Å². The zero-order valence-electron chi connectivity index (χ0n) is 24.6. The number of amides is 1. The van der Waals surface area contributed by atoms with Gasteiger partial charge in [-0.15, -0.1) is 0 Å². The van der Waals surface area contributed by atoms with Gasteiger partial charge in [-0.25, -0.2) is 4.99 Å². The van der Waals surface area contributed by atoms with E-state index in [1.165, 1.54) is 11.3 Å². The summed E-state index contributed by atoms with van der Waals surface area (Å²) in [7, 11) is 1.58. The first-order valence-electron chi connectivity index (χ1n) is 14.2. The molecular weight excluding hydrogens is 584 g/mol. The van der Waals surface area contributed by atoms with Gasteiger partial charge in [0.15, 0.2) is 4.80 Å². The molecule has 1 amide bonds. The third-order valence-electron chi connectivity index (χ3n) is 7.39. The number of hydrogen-bond acceptors (Lipinski definition) is 7. The average molecular weight is 613 g/mol. The summed E-state index contributed by atoms with van der Waals surface area (Å²) in [4.78, 5) is 33.2. The van der Waals surface area contributed by atoms with E-state index in [0.717, 1.165) is 16.7 Å². The molecule has 6 rings (SSSR count). The minimum atomic E-state index is -0.731. The number of aromatic nitrogens is 1. The first-order valence-corrected chi connectivity index (χ1v) is 15.0. The minimum absolute atomic E-state index is 0.272. The Labute approximate surface area is 263 Å². The van der Waals surface area contributed by atoms with E-state index in [1.807, 2.05) is 91.0 Å². The molecule has 1 N–H and O–H groups in total. The van der Waals surface area contributed by atoms with Crippen molar-refractivity contribution < 1.29 is 14.3 Å². The molecule has 1 atom stereocenters. The molecule has 0 unspecified atom stereocenters. The number of allylic oxidation sites excluding steroid dienone is 1. The van der Waals surface area contributed by atoms with Crippen molar-refractivity contribution in [2.45, 2.75) is 19.6 Å². The van der Waals surface area contributed by atoms with Crippen molar-refractivity contribution in [2.24, 2.45) is 4.99 Å². The summed E-state index contributed by atoms with van der Waals surface area (Å²) in [6.07, 6.45) is 1.80. The molecule has 0 saturated carbocycles. The van der Waals surface area contributed by atoms with Crippen LogP contribution in [0.15, 0.2) is 124 Å². The van der Waals surface area contributed by atoms with Gasteiger partial charge in [0.05, 0.1) is 40.6 Å². The van der Waals surface area contributed by atoms with Crippen LogP contribution in [-0.2, 0) is 11.4 Å². The van der Waals surface area contributed by atoms with Crippen LogP contribution in [0.1, 0.15) is 35.2 Å². The molecule has 5 aromatic rings. The van der Waals surface area contributed by atoms with Gasteiger partial charge in [-0.1, -0.05) is 72.0 Å². The standard InChI is InChI=1S/C36H28N4O4S/c1-23-32(34(41)39-28-11-4-3-5-12-28)33(27-10-8-13-29(19-27)43-2)40-35(42)31(45-36(40)38-23)20-26-9-6-7-14-30(26)44-22-25-17-15-24(21-37)16-18-25/h3-20,33H,22H2,1-2H3,(H,39,41)/b31-20-/t33-/m0/s1. The number of methoxy groups -OCH3 is 1. The monoisotopic (exact) mass is 612 g/mol. The Morgan fingerprint density at radius 2 is 1.78 bits per heavy atom. The number of carbonyl (C=O) groups is 1. The molecule has 1 aliphatic rings. The number of thiazole rings is 1. The van der Waals surface area contributed by atoms with Gasteiger partial charge in [-0.2, -0.15) is 5.26 Å². The summed E-state index contributed by atoms with van der Waals surface area (Å²) in [6, 6.07) is 32.6. The van der Waals surface area contributed by atoms with Gasteiger partial charge in [-0.05, 0) is 66.6 Å². The Morgan fingerprint density at radius 1 is 1.02 bits per heavy atom. The maximum atomic E-state index is 14.2. The molecule has 0 fully saturated rings. The number of carbonyl (C=O) groups excluding carboxylic acids is 1.